The van der Waals surface area contributed by atoms with Gasteiger partial charge in [-0.25, -0.2) is 18.7 Å². The number of hydrogen-bond acceptors (Lipinski definition) is 5. The smallest absolute Gasteiger partial charge is 0.350 e. The Balaban J connectivity index is 1.77. The summed E-state index contributed by atoms with van der Waals surface area (Å²) in [6.45, 7) is 0.0525. The van der Waals surface area contributed by atoms with E-state index in [0.717, 1.165) is 12.4 Å². The van der Waals surface area contributed by atoms with Crippen LogP contribution in [0.4, 0.5) is 22.0 Å². The Morgan fingerprint density at radius 1 is 1.17 bits per heavy atom. The fourth-order valence-electron chi connectivity index (χ4n) is 3.07. The lowest BCUT2D eigenvalue weighted by molar-refractivity contribution is -0.145. The molecule has 0 bridgehead atoms. The first-order chi connectivity index (χ1) is 13.7. The first kappa shape index (κ1) is 21.0. The van der Waals surface area contributed by atoms with Crippen molar-refractivity contribution in [1.29, 1.82) is 0 Å². The molecule has 0 aromatic carbocycles. The summed E-state index contributed by atoms with van der Waals surface area (Å²) in [6, 6.07) is 2.50. The number of piperidine rings is 1. The van der Waals surface area contributed by atoms with Gasteiger partial charge in [-0.1, -0.05) is 0 Å². The first-order valence-electron chi connectivity index (χ1n) is 8.85. The van der Waals surface area contributed by atoms with Crippen molar-refractivity contribution in [2.75, 3.05) is 19.6 Å². The maximum atomic E-state index is 13.5. The van der Waals surface area contributed by atoms with Gasteiger partial charge < -0.3 is 5.32 Å². The molecule has 1 N–H and O–H groups in total. The van der Waals surface area contributed by atoms with Crippen molar-refractivity contribution in [3.63, 3.8) is 0 Å². The molecule has 0 saturated carbocycles. The summed E-state index contributed by atoms with van der Waals surface area (Å²) in [6.07, 6.45) is -0.522. The Labute approximate surface area is 163 Å². The SMILES string of the molecule is O=C(NCC(c1cnc(C(F)(F)F)nc1)N1CCC(F)(F)CC1)c1cccnc1. The van der Waals surface area contributed by atoms with E-state index < -0.39 is 29.9 Å². The number of amides is 1. The maximum Gasteiger partial charge on any atom is 0.451 e. The predicted octanol–water partition coefficient (Wildman–Crippen LogP) is 3.09. The summed E-state index contributed by atoms with van der Waals surface area (Å²) in [5.74, 6) is -4.50. The predicted molar refractivity (Wildman–Crippen MR) is 92.1 cm³/mol. The molecule has 1 aliphatic heterocycles. The molecule has 156 valence electrons. The van der Waals surface area contributed by atoms with Gasteiger partial charge in [0.2, 0.25) is 5.82 Å². The van der Waals surface area contributed by atoms with Gasteiger partial charge in [-0.05, 0) is 12.1 Å². The minimum Gasteiger partial charge on any atom is -0.350 e. The molecule has 2 aromatic rings. The summed E-state index contributed by atoms with van der Waals surface area (Å²) in [7, 11) is 0. The molecule has 6 nitrogen and oxygen atoms in total. The Bertz CT molecular complexity index is 819. The second kappa shape index (κ2) is 8.36. The minimum atomic E-state index is -4.68. The molecule has 1 amide bonds. The molecule has 1 saturated heterocycles. The van der Waals surface area contributed by atoms with E-state index >= 15 is 0 Å². The largest absolute Gasteiger partial charge is 0.451 e. The van der Waals surface area contributed by atoms with E-state index in [1.54, 1.807) is 17.0 Å². The van der Waals surface area contributed by atoms with E-state index in [1.807, 2.05) is 0 Å². The van der Waals surface area contributed by atoms with Crippen molar-refractivity contribution >= 4 is 5.91 Å². The van der Waals surface area contributed by atoms with Crippen molar-refractivity contribution in [1.82, 2.24) is 25.2 Å². The van der Waals surface area contributed by atoms with Gasteiger partial charge in [0.15, 0.2) is 0 Å². The first-order valence-corrected chi connectivity index (χ1v) is 8.85. The Kier molecular flexibility index (Phi) is 6.06. The molecule has 0 radical (unpaired) electrons. The van der Waals surface area contributed by atoms with E-state index in [4.69, 9.17) is 0 Å². The van der Waals surface area contributed by atoms with Crippen LogP contribution in [0.15, 0.2) is 36.9 Å². The average Bonchev–Trinajstić information content (AvgIpc) is 2.69. The van der Waals surface area contributed by atoms with E-state index in [1.165, 1.54) is 12.4 Å². The average molecular weight is 415 g/mol. The third kappa shape index (κ3) is 5.43. The van der Waals surface area contributed by atoms with Crippen LogP contribution in [0.1, 0.15) is 40.6 Å². The number of nitrogens with zero attached hydrogens (tertiary/aromatic N) is 4. The molecular formula is C18H18F5N5O. The van der Waals surface area contributed by atoms with Gasteiger partial charge >= 0.3 is 6.18 Å². The van der Waals surface area contributed by atoms with Crippen LogP contribution in [-0.2, 0) is 6.18 Å². The number of carbonyl (C=O) groups is 1. The van der Waals surface area contributed by atoms with Crippen LogP contribution in [0, 0.1) is 0 Å². The van der Waals surface area contributed by atoms with Gasteiger partial charge in [-0.3, -0.25) is 14.7 Å². The van der Waals surface area contributed by atoms with Gasteiger partial charge in [-0.15, -0.1) is 0 Å². The standard InChI is InChI=1S/C18H18F5N5O/c19-17(20)3-6-28(7-4-17)14(11-25-15(29)12-2-1-5-24-8-12)13-9-26-16(27-10-13)18(21,22)23/h1-2,5,8-10,14H,3-4,6-7,11H2,(H,25,29). The molecule has 3 rings (SSSR count). The Morgan fingerprint density at radius 2 is 1.83 bits per heavy atom. The second-order valence-corrected chi connectivity index (χ2v) is 6.70. The van der Waals surface area contributed by atoms with Crippen molar-refractivity contribution in [2.24, 2.45) is 0 Å². The third-order valence-electron chi connectivity index (χ3n) is 4.66. The zero-order valence-corrected chi connectivity index (χ0v) is 15.2. The van der Waals surface area contributed by atoms with Crippen LogP contribution in [0.5, 0.6) is 0 Å². The van der Waals surface area contributed by atoms with E-state index in [2.05, 4.69) is 20.3 Å². The second-order valence-electron chi connectivity index (χ2n) is 6.70. The molecule has 1 fully saturated rings. The summed E-state index contributed by atoms with van der Waals surface area (Å²) in [5.41, 5.74) is 0.606. The zero-order valence-electron chi connectivity index (χ0n) is 15.2. The van der Waals surface area contributed by atoms with Crippen LogP contribution in [0.3, 0.4) is 0 Å². The number of halogens is 5. The van der Waals surface area contributed by atoms with Gasteiger partial charge in [0.05, 0.1) is 11.6 Å². The molecule has 1 atom stereocenters. The molecule has 0 spiro atoms. The number of pyridine rings is 1. The molecule has 11 heteroatoms. The lowest BCUT2D eigenvalue weighted by atomic mass is 10.0. The summed E-state index contributed by atoms with van der Waals surface area (Å²) in [4.78, 5) is 24.5. The van der Waals surface area contributed by atoms with Crippen molar-refractivity contribution in [2.45, 2.75) is 31.0 Å². The Hall–Kier alpha value is -2.69. The number of rotatable bonds is 5. The van der Waals surface area contributed by atoms with E-state index in [9.17, 15) is 26.7 Å². The van der Waals surface area contributed by atoms with Gasteiger partial charge in [0, 0.05) is 62.8 Å². The quantitative estimate of drug-likeness (QED) is 0.760. The lowest BCUT2D eigenvalue weighted by Gasteiger charge is -2.37. The molecule has 2 aromatic heterocycles. The summed E-state index contributed by atoms with van der Waals surface area (Å²) < 4.78 is 65.2. The van der Waals surface area contributed by atoms with Crippen LogP contribution in [0.2, 0.25) is 0 Å². The highest BCUT2D eigenvalue weighted by Gasteiger charge is 2.38. The van der Waals surface area contributed by atoms with Crippen molar-refractivity contribution in [3.05, 3.63) is 53.9 Å². The molecule has 1 unspecified atom stereocenters. The van der Waals surface area contributed by atoms with Crippen molar-refractivity contribution in [3.8, 4) is 0 Å². The Morgan fingerprint density at radius 3 is 2.38 bits per heavy atom. The molecule has 29 heavy (non-hydrogen) atoms. The monoisotopic (exact) mass is 415 g/mol. The lowest BCUT2D eigenvalue weighted by Crippen LogP contribution is -2.45. The fraction of sp³-hybridized carbons (Fsp3) is 0.444. The number of aromatic nitrogens is 3. The highest BCUT2D eigenvalue weighted by Crippen LogP contribution is 2.32. The van der Waals surface area contributed by atoms with Crippen LogP contribution in [-0.4, -0.2) is 51.3 Å². The highest BCUT2D eigenvalue weighted by molar-refractivity contribution is 5.93. The number of likely N-dealkylation sites (tertiary alicyclic amines) is 1. The fourth-order valence-corrected chi connectivity index (χ4v) is 3.07. The number of hydrogen-bond donors (Lipinski definition) is 1. The third-order valence-corrected chi connectivity index (χ3v) is 4.66. The molecule has 3 heterocycles. The topological polar surface area (TPSA) is 71.0 Å². The van der Waals surface area contributed by atoms with Crippen LogP contribution in [0.25, 0.3) is 0 Å². The number of carbonyl (C=O) groups excluding carboxylic acids is 1. The molecule has 1 aliphatic rings. The highest BCUT2D eigenvalue weighted by atomic mass is 19.4. The van der Waals surface area contributed by atoms with Gasteiger partial charge in [-0.2, -0.15) is 13.2 Å². The number of alkyl halides is 5. The van der Waals surface area contributed by atoms with Crippen LogP contribution >= 0.6 is 0 Å². The normalized spacial score (nSPS) is 18.2. The summed E-state index contributed by atoms with van der Waals surface area (Å²) in [5, 5.41) is 2.67. The van der Waals surface area contributed by atoms with Gasteiger partial charge in [0.25, 0.3) is 11.8 Å². The van der Waals surface area contributed by atoms with Crippen molar-refractivity contribution < 1.29 is 26.7 Å². The minimum absolute atomic E-state index is 0.00593. The molecule has 0 aliphatic carbocycles. The maximum absolute atomic E-state index is 13.5. The van der Waals surface area contributed by atoms with E-state index in [0.29, 0.717) is 11.1 Å². The zero-order chi connectivity index (χ0) is 21.1. The molecular weight excluding hydrogens is 397 g/mol. The van der Waals surface area contributed by atoms with Gasteiger partial charge in [0.1, 0.15) is 0 Å². The van der Waals surface area contributed by atoms with E-state index in [-0.39, 0.29) is 32.5 Å². The summed E-state index contributed by atoms with van der Waals surface area (Å²) >= 11 is 0. The van der Waals surface area contributed by atoms with Crippen LogP contribution < -0.4 is 5.32 Å². The number of nitrogens with one attached hydrogen (secondary N) is 1.